The van der Waals surface area contributed by atoms with Gasteiger partial charge in [-0.2, -0.15) is 0 Å². The molecule has 2 N–H and O–H groups in total. The van der Waals surface area contributed by atoms with Gasteiger partial charge in [0.1, 0.15) is 6.04 Å². The van der Waals surface area contributed by atoms with Crippen LogP contribution < -0.4 is 15.5 Å². The quantitative estimate of drug-likeness (QED) is 0.865. The van der Waals surface area contributed by atoms with E-state index in [0.29, 0.717) is 5.02 Å². The number of likely N-dealkylation sites (N-methyl/N-ethyl adjacent to an activating group) is 3. The first kappa shape index (κ1) is 15.1. The monoisotopic (exact) mass is 296 g/mol. The Morgan fingerprint density at radius 3 is 2.60 bits per heavy atom. The minimum atomic E-state index is -0.316. The zero-order valence-corrected chi connectivity index (χ0v) is 13.1. The van der Waals surface area contributed by atoms with Gasteiger partial charge in [-0.15, -0.1) is 0 Å². The Kier molecular flexibility index (Phi) is 4.52. The van der Waals surface area contributed by atoms with Crippen molar-refractivity contribution in [2.75, 3.05) is 51.5 Å². The summed E-state index contributed by atoms with van der Waals surface area (Å²) in [7, 11) is 7.85. The molecular formula is C14H21ClN4O. The number of carbonyl (C=O) groups excluding carboxylic acids is 1. The number of nitrogens with zero attached hydrogens (tertiary/aromatic N) is 2. The topological polar surface area (TPSA) is 47.6 Å². The third kappa shape index (κ3) is 2.90. The van der Waals surface area contributed by atoms with Crippen molar-refractivity contribution in [3.05, 3.63) is 22.7 Å². The molecule has 2 rings (SSSR count). The number of halogens is 1. The SMILES string of the molecule is CNC1C(=O)Nc2cc(N(C)CCN(C)C)c(Cl)cc21. The van der Waals surface area contributed by atoms with Crippen LogP contribution in [0.3, 0.4) is 0 Å². The van der Waals surface area contributed by atoms with E-state index in [1.165, 1.54) is 0 Å². The summed E-state index contributed by atoms with van der Waals surface area (Å²) >= 11 is 6.37. The standard InChI is InChI=1S/C14H21ClN4O/c1-16-13-9-7-10(15)12(8-11(9)17-14(13)20)19(4)6-5-18(2)3/h7-8,13,16H,5-6H2,1-4H3,(H,17,20). The van der Waals surface area contributed by atoms with E-state index in [0.717, 1.165) is 30.0 Å². The lowest BCUT2D eigenvalue weighted by Crippen LogP contribution is -2.28. The van der Waals surface area contributed by atoms with Crippen molar-refractivity contribution in [3.63, 3.8) is 0 Å². The first-order valence-electron chi connectivity index (χ1n) is 6.61. The summed E-state index contributed by atoms with van der Waals surface area (Å²) in [6.45, 7) is 1.81. The molecule has 0 spiro atoms. The highest BCUT2D eigenvalue weighted by Gasteiger charge is 2.30. The zero-order chi connectivity index (χ0) is 14.9. The molecule has 5 nitrogen and oxygen atoms in total. The molecule has 0 saturated heterocycles. The minimum Gasteiger partial charge on any atom is -0.372 e. The second kappa shape index (κ2) is 5.99. The molecule has 1 atom stereocenters. The summed E-state index contributed by atoms with van der Waals surface area (Å²) in [4.78, 5) is 16.1. The smallest absolute Gasteiger partial charge is 0.246 e. The van der Waals surface area contributed by atoms with Crippen molar-refractivity contribution >= 4 is 28.9 Å². The summed E-state index contributed by atoms with van der Waals surface area (Å²) in [6.07, 6.45) is 0. The van der Waals surface area contributed by atoms with E-state index in [1.807, 2.05) is 33.3 Å². The van der Waals surface area contributed by atoms with Crippen LogP contribution in [0, 0.1) is 0 Å². The molecule has 1 aromatic carbocycles. The number of amides is 1. The molecule has 0 saturated carbocycles. The fraction of sp³-hybridized carbons (Fsp3) is 0.500. The maximum Gasteiger partial charge on any atom is 0.246 e. The maximum absolute atomic E-state index is 11.8. The number of nitrogens with one attached hydrogen (secondary N) is 2. The van der Waals surface area contributed by atoms with Crippen molar-refractivity contribution in [2.45, 2.75) is 6.04 Å². The van der Waals surface area contributed by atoms with Gasteiger partial charge in [0.25, 0.3) is 0 Å². The molecule has 0 aliphatic carbocycles. The van der Waals surface area contributed by atoms with Crippen LogP contribution >= 0.6 is 11.6 Å². The number of hydrogen-bond acceptors (Lipinski definition) is 4. The average molecular weight is 297 g/mol. The molecule has 1 amide bonds. The van der Waals surface area contributed by atoms with Gasteiger partial charge in [-0.05, 0) is 33.3 Å². The lowest BCUT2D eigenvalue weighted by Gasteiger charge is -2.23. The van der Waals surface area contributed by atoms with Gasteiger partial charge in [-0.1, -0.05) is 11.6 Å². The number of benzene rings is 1. The molecule has 0 radical (unpaired) electrons. The highest BCUT2D eigenvalue weighted by Crippen LogP contribution is 2.38. The predicted octanol–water partition coefficient (Wildman–Crippen LogP) is 1.55. The Labute approximate surface area is 124 Å². The molecule has 1 heterocycles. The lowest BCUT2D eigenvalue weighted by molar-refractivity contribution is -0.117. The number of carbonyl (C=O) groups is 1. The van der Waals surface area contributed by atoms with Crippen molar-refractivity contribution in [1.29, 1.82) is 0 Å². The van der Waals surface area contributed by atoms with Crippen molar-refractivity contribution in [2.24, 2.45) is 0 Å². The van der Waals surface area contributed by atoms with Crippen LogP contribution in [0.1, 0.15) is 11.6 Å². The highest BCUT2D eigenvalue weighted by molar-refractivity contribution is 6.33. The Morgan fingerprint density at radius 1 is 1.30 bits per heavy atom. The summed E-state index contributed by atoms with van der Waals surface area (Å²) in [5.41, 5.74) is 2.68. The zero-order valence-electron chi connectivity index (χ0n) is 12.3. The largest absolute Gasteiger partial charge is 0.372 e. The maximum atomic E-state index is 11.8. The Hall–Kier alpha value is -1.30. The van der Waals surface area contributed by atoms with Gasteiger partial charge in [0.2, 0.25) is 5.91 Å². The average Bonchev–Trinajstić information content (AvgIpc) is 2.69. The van der Waals surface area contributed by atoms with Crippen molar-refractivity contribution in [3.8, 4) is 0 Å². The minimum absolute atomic E-state index is 0.0355. The molecule has 6 heteroatoms. The van der Waals surface area contributed by atoms with E-state index in [1.54, 1.807) is 7.05 Å². The normalized spacial score (nSPS) is 17.3. The third-order valence-electron chi connectivity index (χ3n) is 3.53. The molecule has 1 aliphatic heterocycles. The van der Waals surface area contributed by atoms with E-state index in [9.17, 15) is 4.79 Å². The summed E-state index contributed by atoms with van der Waals surface area (Å²) < 4.78 is 0. The second-order valence-electron chi connectivity index (χ2n) is 5.33. The molecule has 1 unspecified atom stereocenters. The first-order valence-corrected chi connectivity index (χ1v) is 6.99. The fourth-order valence-corrected chi connectivity index (χ4v) is 2.64. The highest BCUT2D eigenvalue weighted by atomic mass is 35.5. The van der Waals surface area contributed by atoms with Crippen LogP contribution in [0.4, 0.5) is 11.4 Å². The summed E-state index contributed by atoms with van der Waals surface area (Å²) in [5.74, 6) is -0.0355. The van der Waals surface area contributed by atoms with Gasteiger partial charge in [-0.3, -0.25) is 4.79 Å². The lowest BCUT2D eigenvalue weighted by atomic mass is 10.1. The van der Waals surface area contributed by atoms with Crippen LogP contribution in [-0.2, 0) is 4.79 Å². The number of rotatable bonds is 5. The molecule has 1 aliphatic rings. The predicted molar refractivity (Wildman–Crippen MR) is 83.7 cm³/mol. The van der Waals surface area contributed by atoms with Gasteiger partial charge in [-0.25, -0.2) is 0 Å². The Bertz CT molecular complexity index is 518. The van der Waals surface area contributed by atoms with Gasteiger partial charge < -0.3 is 20.4 Å². The Morgan fingerprint density at radius 2 is 2.00 bits per heavy atom. The molecule has 110 valence electrons. The van der Waals surface area contributed by atoms with Gasteiger partial charge in [0.05, 0.1) is 10.7 Å². The number of fused-ring (bicyclic) bond motifs is 1. The van der Waals surface area contributed by atoms with Gasteiger partial charge in [0, 0.05) is 31.4 Å². The van der Waals surface area contributed by atoms with Crippen LogP contribution in [-0.4, -0.2) is 52.1 Å². The van der Waals surface area contributed by atoms with Gasteiger partial charge in [0.15, 0.2) is 0 Å². The van der Waals surface area contributed by atoms with E-state index >= 15 is 0 Å². The molecule has 1 aromatic rings. The van der Waals surface area contributed by atoms with Crippen molar-refractivity contribution in [1.82, 2.24) is 10.2 Å². The van der Waals surface area contributed by atoms with E-state index < -0.39 is 0 Å². The number of hydrogen-bond donors (Lipinski definition) is 2. The number of anilines is 2. The third-order valence-corrected chi connectivity index (χ3v) is 3.84. The second-order valence-corrected chi connectivity index (χ2v) is 5.73. The first-order chi connectivity index (χ1) is 9.43. The summed E-state index contributed by atoms with van der Waals surface area (Å²) in [5, 5.41) is 6.55. The van der Waals surface area contributed by atoms with Crippen LogP contribution in [0.25, 0.3) is 0 Å². The Balaban J connectivity index is 2.25. The molecular weight excluding hydrogens is 276 g/mol. The van der Waals surface area contributed by atoms with E-state index in [-0.39, 0.29) is 11.9 Å². The molecule has 20 heavy (non-hydrogen) atoms. The van der Waals surface area contributed by atoms with Gasteiger partial charge >= 0.3 is 0 Å². The van der Waals surface area contributed by atoms with Crippen LogP contribution in [0.2, 0.25) is 5.02 Å². The molecule has 0 bridgehead atoms. The van der Waals surface area contributed by atoms with E-state index in [4.69, 9.17) is 11.6 Å². The molecule has 0 fully saturated rings. The van der Waals surface area contributed by atoms with Crippen molar-refractivity contribution < 1.29 is 4.79 Å². The molecule has 0 aromatic heterocycles. The van der Waals surface area contributed by atoms with E-state index in [2.05, 4.69) is 20.4 Å². The summed E-state index contributed by atoms with van der Waals surface area (Å²) in [6, 6.07) is 3.50. The van der Waals surface area contributed by atoms with Crippen LogP contribution in [0.15, 0.2) is 12.1 Å². The van der Waals surface area contributed by atoms with Crippen LogP contribution in [0.5, 0.6) is 0 Å². The fourth-order valence-electron chi connectivity index (χ4n) is 2.32.